The van der Waals surface area contributed by atoms with E-state index in [9.17, 15) is 0 Å². The Labute approximate surface area is 89.7 Å². The third kappa shape index (κ3) is 4.22. The van der Waals surface area contributed by atoms with Crippen molar-refractivity contribution in [3.8, 4) is 0 Å². The third-order valence-electron chi connectivity index (χ3n) is 2.51. The third-order valence-corrected chi connectivity index (χ3v) is 3.88. The predicted octanol–water partition coefficient (Wildman–Crippen LogP) is 2.51. The molecule has 1 aliphatic heterocycles. The van der Waals surface area contributed by atoms with Gasteiger partial charge in [-0.15, -0.1) is 0 Å². The van der Waals surface area contributed by atoms with Crippen molar-refractivity contribution in [1.29, 1.82) is 0 Å². The van der Waals surface area contributed by atoms with Gasteiger partial charge in [0.05, 0.1) is 0 Å². The van der Waals surface area contributed by atoms with E-state index in [1.807, 2.05) is 11.8 Å². The Morgan fingerprint density at radius 1 is 1.50 bits per heavy atom. The van der Waals surface area contributed by atoms with Crippen LogP contribution in [0, 0.1) is 0 Å². The highest BCUT2D eigenvalue weighted by molar-refractivity contribution is 8.00. The molecular formula is C9H18N4S. The van der Waals surface area contributed by atoms with E-state index in [1.54, 1.807) is 0 Å². The molecule has 0 atom stereocenters. The topological polar surface area (TPSA) is 52.0 Å². The quantitative estimate of drug-likeness (QED) is 0.412. The van der Waals surface area contributed by atoms with Gasteiger partial charge in [-0.25, -0.2) is 0 Å². The molecule has 1 heterocycles. The van der Waals surface area contributed by atoms with Gasteiger partial charge in [-0.2, -0.15) is 11.8 Å². The van der Waals surface area contributed by atoms with Crippen molar-refractivity contribution < 1.29 is 0 Å². The SMILES string of the molecule is CC1(C)CCN(CCN=[N+]=[N-])CCS1. The molecule has 5 heteroatoms. The molecule has 4 nitrogen and oxygen atoms in total. The number of hydrogen-bond donors (Lipinski definition) is 0. The molecule has 0 unspecified atom stereocenters. The lowest BCUT2D eigenvalue weighted by atomic mass is 10.1. The maximum absolute atomic E-state index is 8.17. The van der Waals surface area contributed by atoms with Gasteiger partial charge in [0.15, 0.2) is 0 Å². The van der Waals surface area contributed by atoms with Crippen molar-refractivity contribution >= 4 is 11.8 Å². The molecule has 0 aliphatic carbocycles. The summed E-state index contributed by atoms with van der Waals surface area (Å²) < 4.78 is 0.410. The van der Waals surface area contributed by atoms with Crippen LogP contribution in [-0.2, 0) is 0 Å². The summed E-state index contributed by atoms with van der Waals surface area (Å²) in [6.07, 6.45) is 1.22. The summed E-state index contributed by atoms with van der Waals surface area (Å²) in [4.78, 5) is 5.15. The molecule has 0 spiro atoms. The Bertz CT molecular complexity index is 223. The fraction of sp³-hybridized carbons (Fsp3) is 1.00. The van der Waals surface area contributed by atoms with Crippen molar-refractivity contribution in [1.82, 2.24) is 4.90 Å². The van der Waals surface area contributed by atoms with Crippen LogP contribution in [0.5, 0.6) is 0 Å². The largest absolute Gasteiger partial charge is 0.302 e. The van der Waals surface area contributed by atoms with E-state index in [1.165, 1.54) is 12.2 Å². The van der Waals surface area contributed by atoms with E-state index in [2.05, 4.69) is 28.8 Å². The highest BCUT2D eigenvalue weighted by atomic mass is 32.2. The molecule has 80 valence electrons. The number of rotatable bonds is 3. The van der Waals surface area contributed by atoms with Gasteiger partial charge < -0.3 is 4.90 Å². The molecule has 0 amide bonds. The number of hydrogen-bond acceptors (Lipinski definition) is 3. The maximum Gasteiger partial charge on any atom is 0.0385 e. The molecule has 1 saturated heterocycles. The normalized spacial score (nSPS) is 22.4. The standard InChI is InChI=1S/C9H18N4S/c1-9(2)3-5-13(7-8-14-9)6-4-11-12-10/h3-8H2,1-2H3. The second-order valence-corrected chi connectivity index (χ2v) is 5.96. The maximum atomic E-state index is 8.17. The molecular weight excluding hydrogens is 196 g/mol. The van der Waals surface area contributed by atoms with Crippen LogP contribution in [-0.4, -0.2) is 41.6 Å². The molecule has 1 rings (SSSR count). The van der Waals surface area contributed by atoms with E-state index in [4.69, 9.17) is 5.53 Å². The van der Waals surface area contributed by atoms with Crippen molar-refractivity contribution in [2.75, 3.05) is 31.9 Å². The highest BCUT2D eigenvalue weighted by Gasteiger charge is 2.22. The van der Waals surface area contributed by atoms with Gasteiger partial charge in [-0.05, 0) is 18.5 Å². The smallest absolute Gasteiger partial charge is 0.0385 e. The molecule has 0 saturated carbocycles. The van der Waals surface area contributed by atoms with Crippen molar-refractivity contribution in [3.63, 3.8) is 0 Å². The number of nitrogens with zero attached hydrogens (tertiary/aromatic N) is 4. The van der Waals surface area contributed by atoms with Gasteiger partial charge in [0.2, 0.25) is 0 Å². The Morgan fingerprint density at radius 3 is 3.00 bits per heavy atom. The second kappa shape index (κ2) is 5.49. The van der Waals surface area contributed by atoms with E-state index in [0.717, 1.165) is 19.6 Å². The Balaban J connectivity index is 2.31. The molecule has 0 aromatic rings. The number of thioether (sulfide) groups is 1. The van der Waals surface area contributed by atoms with Crippen LogP contribution in [0.2, 0.25) is 0 Å². The van der Waals surface area contributed by atoms with Crippen LogP contribution in [0.25, 0.3) is 10.4 Å². The van der Waals surface area contributed by atoms with E-state index < -0.39 is 0 Å². The number of azide groups is 1. The van der Waals surface area contributed by atoms with E-state index >= 15 is 0 Å². The van der Waals surface area contributed by atoms with E-state index in [-0.39, 0.29) is 0 Å². The molecule has 0 aromatic heterocycles. The first-order valence-corrected chi connectivity index (χ1v) is 6.00. The summed E-state index contributed by atoms with van der Waals surface area (Å²) in [5, 5.41) is 3.56. The molecule has 0 N–H and O–H groups in total. The lowest BCUT2D eigenvalue weighted by molar-refractivity contribution is 0.292. The minimum absolute atomic E-state index is 0.410. The van der Waals surface area contributed by atoms with Gasteiger partial charge in [-0.1, -0.05) is 19.0 Å². The first-order chi connectivity index (χ1) is 6.64. The molecule has 0 radical (unpaired) electrons. The molecule has 1 aliphatic rings. The van der Waals surface area contributed by atoms with Crippen LogP contribution in [0.1, 0.15) is 20.3 Å². The lowest BCUT2D eigenvalue weighted by Crippen LogP contribution is -2.29. The molecule has 1 fully saturated rings. The first-order valence-electron chi connectivity index (χ1n) is 5.01. The Hall–Kier alpha value is -0.380. The molecule has 14 heavy (non-hydrogen) atoms. The summed E-state index contributed by atoms with van der Waals surface area (Å²) in [7, 11) is 0. The average Bonchev–Trinajstić information content (AvgIpc) is 2.28. The molecule has 0 bridgehead atoms. The van der Waals surface area contributed by atoms with Crippen LogP contribution < -0.4 is 0 Å². The fourth-order valence-corrected chi connectivity index (χ4v) is 2.65. The van der Waals surface area contributed by atoms with Gasteiger partial charge in [0, 0.05) is 35.0 Å². The zero-order valence-electron chi connectivity index (χ0n) is 8.94. The zero-order chi connectivity index (χ0) is 10.4. The minimum Gasteiger partial charge on any atom is -0.302 e. The summed E-state index contributed by atoms with van der Waals surface area (Å²) in [6, 6.07) is 0. The van der Waals surface area contributed by atoms with Crippen LogP contribution in [0.15, 0.2) is 5.11 Å². The molecule has 0 aromatic carbocycles. The monoisotopic (exact) mass is 214 g/mol. The van der Waals surface area contributed by atoms with Crippen LogP contribution >= 0.6 is 11.8 Å². The summed E-state index contributed by atoms with van der Waals surface area (Å²) in [6.45, 7) is 8.35. The van der Waals surface area contributed by atoms with Crippen LogP contribution in [0.3, 0.4) is 0 Å². The van der Waals surface area contributed by atoms with Gasteiger partial charge in [0.25, 0.3) is 0 Å². The fourth-order valence-electron chi connectivity index (χ4n) is 1.52. The Morgan fingerprint density at radius 2 is 2.29 bits per heavy atom. The second-order valence-electron chi connectivity index (χ2n) is 4.15. The van der Waals surface area contributed by atoms with Gasteiger partial charge in [-0.3, -0.25) is 0 Å². The van der Waals surface area contributed by atoms with Crippen molar-refractivity contribution in [2.45, 2.75) is 25.0 Å². The first kappa shape index (κ1) is 11.7. The van der Waals surface area contributed by atoms with Crippen molar-refractivity contribution in [2.24, 2.45) is 5.11 Å². The summed E-state index contributed by atoms with van der Waals surface area (Å²) >= 11 is 2.04. The Kier molecular flexibility index (Phi) is 4.58. The summed E-state index contributed by atoms with van der Waals surface area (Å²) in [5.74, 6) is 1.18. The predicted molar refractivity (Wildman–Crippen MR) is 61.6 cm³/mol. The van der Waals surface area contributed by atoms with E-state index in [0.29, 0.717) is 11.3 Å². The lowest BCUT2D eigenvalue weighted by Gasteiger charge is -2.22. The summed E-state index contributed by atoms with van der Waals surface area (Å²) in [5.41, 5.74) is 8.17. The minimum atomic E-state index is 0.410. The van der Waals surface area contributed by atoms with Gasteiger partial charge >= 0.3 is 0 Å². The average molecular weight is 214 g/mol. The zero-order valence-corrected chi connectivity index (χ0v) is 9.76. The van der Waals surface area contributed by atoms with Crippen molar-refractivity contribution in [3.05, 3.63) is 10.4 Å². The van der Waals surface area contributed by atoms with Gasteiger partial charge in [0.1, 0.15) is 0 Å². The van der Waals surface area contributed by atoms with Crippen LogP contribution in [0.4, 0.5) is 0 Å². The highest BCUT2D eigenvalue weighted by Crippen LogP contribution is 2.30.